The maximum atomic E-state index is 12.7. The minimum absolute atomic E-state index is 0.0207. The SMILES string of the molecule is CCCCCCCCOC(=O)C(C#N)=C(c1ccccc1)c1ccc(OC)cc1. The Morgan fingerprint density at radius 2 is 1.52 bits per heavy atom. The van der Waals surface area contributed by atoms with Crippen LogP contribution in [0.2, 0.25) is 0 Å². The van der Waals surface area contributed by atoms with Crippen LogP contribution >= 0.6 is 0 Å². The van der Waals surface area contributed by atoms with Crippen molar-refractivity contribution in [1.82, 2.24) is 0 Å². The van der Waals surface area contributed by atoms with Crippen molar-refractivity contribution in [1.29, 1.82) is 5.26 Å². The second-order valence-electron chi connectivity index (χ2n) is 6.86. The Hall–Kier alpha value is -3.06. The van der Waals surface area contributed by atoms with Gasteiger partial charge in [-0.25, -0.2) is 4.79 Å². The monoisotopic (exact) mass is 391 g/mol. The number of hydrogen-bond donors (Lipinski definition) is 0. The molecule has 2 aromatic rings. The van der Waals surface area contributed by atoms with Crippen molar-refractivity contribution in [3.05, 3.63) is 71.3 Å². The number of carbonyl (C=O) groups is 1. The molecule has 0 N–H and O–H groups in total. The van der Waals surface area contributed by atoms with Gasteiger partial charge in [-0.3, -0.25) is 0 Å². The number of nitriles is 1. The zero-order chi connectivity index (χ0) is 20.9. The minimum atomic E-state index is -0.573. The van der Waals surface area contributed by atoms with E-state index in [9.17, 15) is 10.1 Å². The van der Waals surface area contributed by atoms with Gasteiger partial charge in [-0.2, -0.15) is 5.26 Å². The summed E-state index contributed by atoms with van der Waals surface area (Å²) >= 11 is 0. The molecule has 0 spiro atoms. The number of nitrogens with zero attached hydrogens (tertiary/aromatic N) is 1. The zero-order valence-electron chi connectivity index (χ0n) is 17.3. The number of unbranched alkanes of at least 4 members (excludes halogenated alkanes) is 5. The second-order valence-corrected chi connectivity index (χ2v) is 6.86. The molecule has 152 valence electrons. The second kappa shape index (κ2) is 12.4. The molecule has 0 aliphatic heterocycles. The summed E-state index contributed by atoms with van der Waals surface area (Å²) in [4.78, 5) is 12.7. The summed E-state index contributed by atoms with van der Waals surface area (Å²) in [7, 11) is 1.60. The number of rotatable bonds is 11. The van der Waals surface area contributed by atoms with Crippen molar-refractivity contribution in [3.8, 4) is 11.8 Å². The van der Waals surface area contributed by atoms with Gasteiger partial charge < -0.3 is 9.47 Å². The first-order valence-electron chi connectivity index (χ1n) is 10.2. The van der Waals surface area contributed by atoms with Crippen LogP contribution in [-0.2, 0) is 9.53 Å². The number of methoxy groups -OCH3 is 1. The van der Waals surface area contributed by atoms with Gasteiger partial charge in [0.25, 0.3) is 0 Å². The van der Waals surface area contributed by atoms with Crippen LogP contribution in [0.1, 0.15) is 56.6 Å². The highest BCUT2D eigenvalue weighted by molar-refractivity contribution is 6.05. The van der Waals surface area contributed by atoms with Gasteiger partial charge in [-0.05, 0) is 29.7 Å². The van der Waals surface area contributed by atoms with Crippen LogP contribution < -0.4 is 4.74 Å². The molecule has 4 nitrogen and oxygen atoms in total. The number of carbonyl (C=O) groups excluding carboxylic acids is 1. The zero-order valence-corrected chi connectivity index (χ0v) is 17.3. The lowest BCUT2D eigenvalue weighted by molar-refractivity contribution is -0.138. The fourth-order valence-electron chi connectivity index (χ4n) is 3.14. The quantitative estimate of drug-likeness (QED) is 0.206. The van der Waals surface area contributed by atoms with E-state index in [1.807, 2.05) is 54.6 Å². The van der Waals surface area contributed by atoms with Gasteiger partial charge in [-0.1, -0.05) is 81.5 Å². The molecule has 0 amide bonds. The minimum Gasteiger partial charge on any atom is -0.497 e. The molecule has 0 heterocycles. The Morgan fingerprint density at radius 1 is 0.897 bits per heavy atom. The van der Waals surface area contributed by atoms with Crippen molar-refractivity contribution in [2.24, 2.45) is 0 Å². The van der Waals surface area contributed by atoms with E-state index in [0.717, 1.165) is 30.4 Å². The van der Waals surface area contributed by atoms with Gasteiger partial charge >= 0.3 is 5.97 Å². The van der Waals surface area contributed by atoms with E-state index in [2.05, 4.69) is 13.0 Å². The lowest BCUT2D eigenvalue weighted by Crippen LogP contribution is -2.11. The van der Waals surface area contributed by atoms with E-state index in [-0.39, 0.29) is 5.57 Å². The summed E-state index contributed by atoms with van der Waals surface area (Å²) in [5, 5.41) is 9.76. The highest BCUT2D eigenvalue weighted by Crippen LogP contribution is 2.29. The molecule has 2 rings (SSSR count). The van der Waals surface area contributed by atoms with Crippen LogP contribution in [0.4, 0.5) is 0 Å². The molecule has 0 aliphatic carbocycles. The Balaban J connectivity index is 2.20. The molecular weight excluding hydrogens is 362 g/mol. The Bertz CT molecular complexity index is 833. The standard InChI is InChI=1S/C25H29NO3/c1-3-4-5-6-7-11-18-29-25(27)23(19-26)24(20-12-9-8-10-13-20)21-14-16-22(28-2)17-15-21/h8-10,12-17H,3-7,11,18H2,1-2H3. The maximum Gasteiger partial charge on any atom is 0.349 e. The highest BCUT2D eigenvalue weighted by atomic mass is 16.5. The van der Waals surface area contributed by atoms with Gasteiger partial charge in [0.1, 0.15) is 17.4 Å². The fourth-order valence-corrected chi connectivity index (χ4v) is 3.14. The summed E-state index contributed by atoms with van der Waals surface area (Å²) in [5.41, 5.74) is 2.16. The average molecular weight is 392 g/mol. The van der Waals surface area contributed by atoms with Crippen molar-refractivity contribution in [2.45, 2.75) is 45.4 Å². The van der Waals surface area contributed by atoms with Crippen LogP contribution in [0.5, 0.6) is 5.75 Å². The van der Waals surface area contributed by atoms with Crippen LogP contribution in [0.25, 0.3) is 5.57 Å². The number of esters is 1. The van der Waals surface area contributed by atoms with Crippen molar-refractivity contribution in [3.63, 3.8) is 0 Å². The molecule has 29 heavy (non-hydrogen) atoms. The Labute approximate surface area is 173 Å². The molecule has 0 bridgehead atoms. The summed E-state index contributed by atoms with van der Waals surface area (Å²) < 4.78 is 10.6. The fraction of sp³-hybridized carbons (Fsp3) is 0.360. The lowest BCUT2D eigenvalue weighted by Gasteiger charge is -2.12. The lowest BCUT2D eigenvalue weighted by atomic mass is 9.93. The first kappa shape index (κ1) is 22.2. The molecule has 4 heteroatoms. The molecule has 2 aromatic carbocycles. The van der Waals surface area contributed by atoms with Crippen LogP contribution in [0.15, 0.2) is 60.2 Å². The van der Waals surface area contributed by atoms with E-state index in [0.29, 0.717) is 17.9 Å². The number of ether oxygens (including phenoxy) is 2. The molecular formula is C25H29NO3. The Morgan fingerprint density at radius 3 is 2.14 bits per heavy atom. The highest BCUT2D eigenvalue weighted by Gasteiger charge is 2.20. The normalized spacial score (nSPS) is 11.3. The van der Waals surface area contributed by atoms with E-state index >= 15 is 0 Å². The summed E-state index contributed by atoms with van der Waals surface area (Å²) in [6, 6.07) is 18.8. The number of hydrogen-bond acceptors (Lipinski definition) is 4. The molecule has 0 saturated heterocycles. The third-order valence-corrected chi connectivity index (χ3v) is 4.74. The Kier molecular flexibility index (Phi) is 9.51. The van der Waals surface area contributed by atoms with Gasteiger partial charge in [0, 0.05) is 5.57 Å². The molecule has 0 saturated carbocycles. The van der Waals surface area contributed by atoms with E-state index in [1.165, 1.54) is 19.3 Å². The number of benzene rings is 2. The molecule has 0 radical (unpaired) electrons. The van der Waals surface area contributed by atoms with Gasteiger partial charge in [0.15, 0.2) is 0 Å². The van der Waals surface area contributed by atoms with Crippen molar-refractivity contribution in [2.75, 3.05) is 13.7 Å². The van der Waals surface area contributed by atoms with Gasteiger partial charge in [0.05, 0.1) is 13.7 Å². The van der Waals surface area contributed by atoms with E-state index in [1.54, 1.807) is 7.11 Å². The molecule has 0 aliphatic rings. The van der Waals surface area contributed by atoms with E-state index < -0.39 is 5.97 Å². The third kappa shape index (κ3) is 6.80. The third-order valence-electron chi connectivity index (χ3n) is 4.74. The van der Waals surface area contributed by atoms with Crippen molar-refractivity contribution >= 4 is 11.5 Å². The largest absolute Gasteiger partial charge is 0.497 e. The molecule has 0 fully saturated rings. The predicted molar refractivity (Wildman–Crippen MR) is 115 cm³/mol. The summed E-state index contributed by atoms with van der Waals surface area (Å²) in [6.07, 6.45) is 6.65. The first-order valence-corrected chi connectivity index (χ1v) is 10.2. The van der Waals surface area contributed by atoms with Crippen LogP contribution in [-0.4, -0.2) is 19.7 Å². The first-order chi connectivity index (χ1) is 14.2. The van der Waals surface area contributed by atoms with Gasteiger partial charge in [0.2, 0.25) is 0 Å². The van der Waals surface area contributed by atoms with Crippen LogP contribution in [0, 0.1) is 11.3 Å². The molecule has 0 aromatic heterocycles. The molecule has 0 unspecified atom stereocenters. The van der Waals surface area contributed by atoms with Crippen LogP contribution in [0.3, 0.4) is 0 Å². The maximum absolute atomic E-state index is 12.7. The molecule has 0 atom stereocenters. The van der Waals surface area contributed by atoms with E-state index in [4.69, 9.17) is 9.47 Å². The van der Waals surface area contributed by atoms with Crippen molar-refractivity contribution < 1.29 is 14.3 Å². The predicted octanol–water partition coefficient (Wildman–Crippen LogP) is 5.92. The smallest absolute Gasteiger partial charge is 0.349 e. The van der Waals surface area contributed by atoms with Gasteiger partial charge in [-0.15, -0.1) is 0 Å². The topological polar surface area (TPSA) is 59.3 Å². The average Bonchev–Trinajstić information content (AvgIpc) is 2.77. The summed E-state index contributed by atoms with van der Waals surface area (Å²) in [5.74, 6) is 0.140. The summed E-state index contributed by atoms with van der Waals surface area (Å²) in [6.45, 7) is 2.52.